The molecule has 0 amide bonds. The van der Waals surface area contributed by atoms with Gasteiger partial charge in [0.2, 0.25) is 0 Å². The van der Waals surface area contributed by atoms with Gasteiger partial charge in [-0.2, -0.15) is 0 Å². The Morgan fingerprint density at radius 3 is 2.53 bits per heavy atom. The summed E-state index contributed by atoms with van der Waals surface area (Å²) >= 11 is 0. The summed E-state index contributed by atoms with van der Waals surface area (Å²) in [4.78, 5) is 10.5. The van der Waals surface area contributed by atoms with E-state index >= 15 is 0 Å². The molecule has 96 valence electrons. The molecule has 0 aliphatic heterocycles. The van der Waals surface area contributed by atoms with Crippen LogP contribution in [0.5, 0.6) is 0 Å². The monoisotopic (exact) mass is 254 g/mol. The van der Waals surface area contributed by atoms with E-state index in [1.54, 1.807) is 18.4 Å². The Balaban J connectivity index is 2.40. The fourth-order valence-corrected chi connectivity index (χ4v) is 1.71. The molecule has 3 nitrogen and oxygen atoms in total. The fourth-order valence-electron chi connectivity index (χ4n) is 1.71. The summed E-state index contributed by atoms with van der Waals surface area (Å²) in [5.74, 6) is -0.266. The molecule has 2 rings (SSSR count). The lowest BCUT2D eigenvalue weighted by Gasteiger charge is -2.04. The number of hydrogen-bond acceptors (Lipinski definition) is 2. The largest absolute Gasteiger partial charge is 0.478 e. The van der Waals surface area contributed by atoms with Crippen molar-refractivity contribution in [1.82, 2.24) is 0 Å². The first-order chi connectivity index (χ1) is 9.16. The molecule has 0 saturated heterocycles. The molecule has 2 aromatic rings. The van der Waals surface area contributed by atoms with Gasteiger partial charge >= 0.3 is 5.97 Å². The van der Waals surface area contributed by atoms with Crippen LogP contribution >= 0.6 is 0 Å². The average Bonchev–Trinajstić information content (AvgIpc) is 2.89. The van der Waals surface area contributed by atoms with E-state index in [2.05, 4.69) is 0 Å². The summed E-state index contributed by atoms with van der Waals surface area (Å²) < 4.78 is 5.39. The predicted octanol–water partition coefficient (Wildman–Crippen LogP) is 3.66. The number of rotatable bonds is 4. The highest BCUT2D eigenvalue weighted by atomic mass is 16.4. The van der Waals surface area contributed by atoms with Crippen LogP contribution in [0, 0.1) is 6.92 Å². The van der Waals surface area contributed by atoms with Gasteiger partial charge in [0.15, 0.2) is 0 Å². The number of carboxylic acid groups (broad SMARTS) is 1. The molecular formula is C16H14O3. The lowest BCUT2D eigenvalue weighted by molar-refractivity contribution is -0.131. The van der Waals surface area contributed by atoms with Crippen molar-refractivity contribution in [3.63, 3.8) is 0 Å². The Morgan fingerprint density at radius 2 is 1.95 bits per heavy atom. The molecule has 0 aliphatic rings. The zero-order valence-electron chi connectivity index (χ0n) is 10.5. The van der Waals surface area contributed by atoms with Crippen molar-refractivity contribution in [1.29, 1.82) is 0 Å². The van der Waals surface area contributed by atoms with Gasteiger partial charge in [0.1, 0.15) is 5.76 Å². The summed E-state index contributed by atoms with van der Waals surface area (Å²) in [6.45, 7) is 2.02. The summed E-state index contributed by atoms with van der Waals surface area (Å²) in [5, 5.41) is 8.62. The maximum Gasteiger partial charge on any atom is 0.328 e. The highest BCUT2D eigenvalue weighted by Gasteiger charge is 2.06. The number of aliphatic carboxylic acids is 1. The summed E-state index contributed by atoms with van der Waals surface area (Å²) in [6, 6.07) is 11.6. The summed E-state index contributed by atoms with van der Waals surface area (Å²) in [6.07, 6.45) is 5.92. The number of furan rings is 1. The van der Waals surface area contributed by atoms with Crippen LogP contribution < -0.4 is 0 Å². The number of aryl methyl sites for hydroxylation is 1. The van der Waals surface area contributed by atoms with E-state index in [1.165, 1.54) is 11.6 Å². The molecular weight excluding hydrogens is 240 g/mol. The van der Waals surface area contributed by atoms with E-state index in [0.717, 1.165) is 17.2 Å². The molecule has 1 heterocycles. The van der Waals surface area contributed by atoms with Gasteiger partial charge < -0.3 is 9.52 Å². The molecule has 0 fully saturated rings. The van der Waals surface area contributed by atoms with Crippen LogP contribution in [0.2, 0.25) is 0 Å². The standard InChI is InChI=1S/C16H14O3/c1-12-7-9-13(10-8-12)14(4-2-6-16(17)18)15-5-3-11-19-15/h2-11H,1H3,(H,17,18)/b6-2+,14-4+. The second-order valence-corrected chi connectivity index (χ2v) is 4.12. The third kappa shape index (κ3) is 3.45. The van der Waals surface area contributed by atoms with Crippen LogP contribution in [0.25, 0.3) is 5.57 Å². The number of carboxylic acids is 1. The Morgan fingerprint density at radius 1 is 1.21 bits per heavy atom. The lowest BCUT2D eigenvalue weighted by Crippen LogP contribution is -1.87. The zero-order chi connectivity index (χ0) is 13.7. The summed E-state index contributed by atoms with van der Waals surface area (Å²) in [5.41, 5.74) is 3.00. The molecule has 0 unspecified atom stereocenters. The maximum atomic E-state index is 10.5. The van der Waals surface area contributed by atoms with Crippen LogP contribution in [0.1, 0.15) is 16.9 Å². The van der Waals surface area contributed by atoms with Crippen LogP contribution in [0.3, 0.4) is 0 Å². The van der Waals surface area contributed by atoms with Crippen LogP contribution in [-0.4, -0.2) is 11.1 Å². The highest BCUT2D eigenvalue weighted by molar-refractivity contribution is 5.82. The molecule has 3 heteroatoms. The third-order valence-electron chi connectivity index (χ3n) is 2.65. The molecule has 0 spiro atoms. The molecule has 0 atom stereocenters. The van der Waals surface area contributed by atoms with Gasteiger partial charge in [-0.15, -0.1) is 0 Å². The molecule has 0 aliphatic carbocycles. The van der Waals surface area contributed by atoms with Gasteiger partial charge in [0.25, 0.3) is 0 Å². The zero-order valence-corrected chi connectivity index (χ0v) is 10.5. The van der Waals surface area contributed by atoms with E-state index in [9.17, 15) is 4.79 Å². The van der Waals surface area contributed by atoms with E-state index in [4.69, 9.17) is 9.52 Å². The molecule has 0 bridgehead atoms. The van der Waals surface area contributed by atoms with E-state index in [-0.39, 0.29) is 0 Å². The number of allylic oxidation sites excluding steroid dienone is 2. The Bertz CT molecular complexity index is 602. The average molecular weight is 254 g/mol. The van der Waals surface area contributed by atoms with Gasteiger partial charge in [-0.05, 0) is 24.6 Å². The van der Waals surface area contributed by atoms with E-state index in [0.29, 0.717) is 5.76 Å². The normalized spacial score (nSPS) is 11.9. The molecule has 1 N–H and O–H groups in total. The Labute approximate surface area is 111 Å². The predicted molar refractivity (Wildman–Crippen MR) is 73.7 cm³/mol. The minimum absolute atomic E-state index is 0.707. The first-order valence-electron chi connectivity index (χ1n) is 5.89. The Hall–Kier alpha value is -2.55. The highest BCUT2D eigenvalue weighted by Crippen LogP contribution is 2.24. The molecule has 1 aromatic heterocycles. The van der Waals surface area contributed by atoms with E-state index < -0.39 is 5.97 Å². The van der Waals surface area contributed by atoms with Crippen LogP contribution in [0.15, 0.2) is 65.3 Å². The fraction of sp³-hybridized carbons (Fsp3) is 0.0625. The summed E-state index contributed by atoms with van der Waals surface area (Å²) in [7, 11) is 0. The number of carbonyl (C=O) groups is 1. The quantitative estimate of drug-likeness (QED) is 0.669. The van der Waals surface area contributed by atoms with Crippen molar-refractivity contribution in [3.8, 4) is 0 Å². The SMILES string of the molecule is Cc1ccc(/C(=C\C=C\C(=O)O)c2ccco2)cc1. The van der Waals surface area contributed by atoms with Crippen molar-refractivity contribution in [2.24, 2.45) is 0 Å². The number of benzene rings is 1. The smallest absolute Gasteiger partial charge is 0.328 e. The second-order valence-electron chi connectivity index (χ2n) is 4.12. The van der Waals surface area contributed by atoms with Gasteiger partial charge in [-0.1, -0.05) is 42.0 Å². The minimum Gasteiger partial charge on any atom is -0.478 e. The first kappa shape index (κ1) is 12.9. The molecule has 19 heavy (non-hydrogen) atoms. The molecule has 1 aromatic carbocycles. The van der Waals surface area contributed by atoms with Crippen molar-refractivity contribution in [2.75, 3.05) is 0 Å². The minimum atomic E-state index is -0.973. The van der Waals surface area contributed by atoms with E-state index in [1.807, 2.05) is 37.3 Å². The van der Waals surface area contributed by atoms with Crippen LogP contribution in [0.4, 0.5) is 0 Å². The number of hydrogen-bond donors (Lipinski definition) is 1. The lowest BCUT2D eigenvalue weighted by atomic mass is 10.0. The van der Waals surface area contributed by atoms with Gasteiger partial charge in [0, 0.05) is 11.6 Å². The van der Waals surface area contributed by atoms with Gasteiger partial charge in [-0.3, -0.25) is 0 Å². The van der Waals surface area contributed by atoms with Crippen molar-refractivity contribution in [3.05, 3.63) is 77.8 Å². The topological polar surface area (TPSA) is 50.4 Å². The first-order valence-corrected chi connectivity index (χ1v) is 5.89. The molecule has 0 radical (unpaired) electrons. The molecule has 0 saturated carbocycles. The third-order valence-corrected chi connectivity index (χ3v) is 2.65. The van der Waals surface area contributed by atoms with Crippen molar-refractivity contribution < 1.29 is 14.3 Å². The van der Waals surface area contributed by atoms with Crippen molar-refractivity contribution >= 4 is 11.5 Å². The Kier molecular flexibility index (Phi) is 3.98. The van der Waals surface area contributed by atoms with Gasteiger partial charge in [0.05, 0.1) is 6.26 Å². The second kappa shape index (κ2) is 5.87. The van der Waals surface area contributed by atoms with Crippen LogP contribution in [-0.2, 0) is 4.79 Å². The maximum absolute atomic E-state index is 10.5. The van der Waals surface area contributed by atoms with Gasteiger partial charge in [-0.25, -0.2) is 4.79 Å². The van der Waals surface area contributed by atoms with Crippen molar-refractivity contribution in [2.45, 2.75) is 6.92 Å².